The van der Waals surface area contributed by atoms with Gasteiger partial charge in [-0.1, -0.05) is 11.3 Å². The molecule has 2 rings (SSSR count). The second kappa shape index (κ2) is 5.57. The lowest BCUT2D eigenvalue weighted by atomic mass is 10.3. The molecule has 0 aliphatic carbocycles. The summed E-state index contributed by atoms with van der Waals surface area (Å²) < 4.78 is 26.5. The van der Waals surface area contributed by atoms with Crippen LogP contribution in [0.25, 0.3) is 0 Å². The maximum atomic E-state index is 13.5. The number of nitrogens with zero attached hydrogens (tertiary/aromatic N) is 2. The van der Waals surface area contributed by atoms with E-state index >= 15 is 0 Å². The van der Waals surface area contributed by atoms with Crippen molar-refractivity contribution in [2.45, 2.75) is 0 Å². The van der Waals surface area contributed by atoms with Gasteiger partial charge in [0.15, 0.2) is 5.82 Å². The number of carbonyl (C=O) groups is 1. The molecule has 0 radical (unpaired) electrons. The fourth-order valence-corrected chi connectivity index (χ4v) is 2.34. The van der Waals surface area contributed by atoms with E-state index in [0.29, 0.717) is 11.2 Å². The Balaban J connectivity index is 2.24. The number of carbonyl (C=O) groups excluding carboxylic acids is 1. The summed E-state index contributed by atoms with van der Waals surface area (Å²) >= 11 is 4.00. The Morgan fingerprint density at radius 3 is 2.68 bits per heavy atom. The van der Waals surface area contributed by atoms with Gasteiger partial charge in [-0.3, -0.25) is 4.79 Å². The number of hydrogen-bond donors (Lipinski definition) is 2. The van der Waals surface area contributed by atoms with Crippen LogP contribution in [0.2, 0.25) is 0 Å². The van der Waals surface area contributed by atoms with E-state index in [1.807, 2.05) is 0 Å². The summed E-state index contributed by atoms with van der Waals surface area (Å²) in [5.41, 5.74) is -0.146. The summed E-state index contributed by atoms with van der Waals surface area (Å²) in [6.07, 6.45) is 0. The molecule has 2 N–H and O–H groups in total. The highest BCUT2D eigenvalue weighted by atomic mass is 79.9. The second-order valence-electron chi connectivity index (χ2n) is 3.36. The third-order valence-electron chi connectivity index (χ3n) is 2.08. The van der Waals surface area contributed by atoms with Gasteiger partial charge in [0.1, 0.15) is 5.82 Å². The minimum Gasteiger partial charge on any atom is -0.363 e. The van der Waals surface area contributed by atoms with Crippen molar-refractivity contribution in [3.8, 4) is 0 Å². The zero-order valence-corrected chi connectivity index (χ0v) is 11.9. The van der Waals surface area contributed by atoms with E-state index in [1.54, 1.807) is 7.05 Å². The minimum absolute atomic E-state index is 0.0694. The number of rotatable bonds is 3. The van der Waals surface area contributed by atoms with E-state index in [0.717, 1.165) is 17.4 Å². The Morgan fingerprint density at radius 1 is 1.37 bits per heavy atom. The minimum atomic E-state index is -0.876. The summed E-state index contributed by atoms with van der Waals surface area (Å²) in [6.45, 7) is 0. The van der Waals surface area contributed by atoms with Crippen molar-refractivity contribution in [1.29, 1.82) is 0 Å². The predicted molar refractivity (Wildman–Crippen MR) is 71.5 cm³/mol. The van der Waals surface area contributed by atoms with Gasteiger partial charge in [-0.05, 0) is 22.0 Å². The highest BCUT2D eigenvalue weighted by Gasteiger charge is 2.17. The van der Waals surface area contributed by atoms with Crippen LogP contribution in [0.1, 0.15) is 9.80 Å². The van der Waals surface area contributed by atoms with Gasteiger partial charge >= 0.3 is 0 Å². The van der Waals surface area contributed by atoms with Crippen molar-refractivity contribution in [1.82, 2.24) is 10.2 Å². The van der Waals surface area contributed by atoms with Crippen LogP contribution >= 0.6 is 27.3 Å². The number of aromatic nitrogens is 2. The first-order valence-corrected chi connectivity index (χ1v) is 6.59. The van der Waals surface area contributed by atoms with Crippen LogP contribution in [0.5, 0.6) is 0 Å². The maximum absolute atomic E-state index is 13.5. The third kappa shape index (κ3) is 3.04. The van der Waals surface area contributed by atoms with Crippen LogP contribution in [-0.4, -0.2) is 23.2 Å². The lowest BCUT2D eigenvalue weighted by molar-refractivity contribution is 0.102. The Hall–Kier alpha value is -1.61. The molecule has 2 aromatic rings. The molecule has 0 saturated heterocycles. The third-order valence-corrected chi connectivity index (χ3v) is 3.64. The van der Waals surface area contributed by atoms with Gasteiger partial charge in [0.25, 0.3) is 5.91 Å². The summed E-state index contributed by atoms with van der Waals surface area (Å²) in [7, 11) is 1.64. The molecular formula is C10H7BrF2N4OS. The number of amides is 1. The van der Waals surface area contributed by atoms with E-state index < -0.39 is 17.5 Å². The molecule has 0 aliphatic rings. The van der Waals surface area contributed by atoms with Crippen LogP contribution in [-0.2, 0) is 0 Å². The molecule has 0 atom stereocenters. The molecule has 19 heavy (non-hydrogen) atoms. The average Bonchev–Trinajstić information content (AvgIpc) is 2.82. The molecule has 0 bridgehead atoms. The van der Waals surface area contributed by atoms with Crippen LogP contribution in [0, 0.1) is 11.6 Å². The summed E-state index contributed by atoms with van der Waals surface area (Å²) in [6, 6.07) is 1.73. The molecule has 0 saturated carbocycles. The first-order valence-electron chi connectivity index (χ1n) is 4.98. The molecule has 5 nitrogen and oxygen atoms in total. The highest BCUT2D eigenvalue weighted by molar-refractivity contribution is 9.10. The van der Waals surface area contributed by atoms with Crippen molar-refractivity contribution in [3.63, 3.8) is 0 Å². The van der Waals surface area contributed by atoms with Crippen molar-refractivity contribution in [2.75, 3.05) is 17.7 Å². The lowest BCUT2D eigenvalue weighted by Crippen LogP contribution is -2.13. The standard InChI is InChI=1S/C10H7BrF2N4OS/c1-14-10-17-16-9(19-10)8(18)15-7-5(11)2-4(12)3-6(7)13/h2-3H,1H3,(H,14,17)(H,15,18). The van der Waals surface area contributed by atoms with Gasteiger partial charge in [-0.15, -0.1) is 10.2 Å². The molecule has 1 heterocycles. The van der Waals surface area contributed by atoms with Gasteiger partial charge in [0.05, 0.1) is 5.69 Å². The first-order chi connectivity index (χ1) is 9.01. The number of hydrogen-bond acceptors (Lipinski definition) is 5. The smallest absolute Gasteiger partial charge is 0.286 e. The van der Waals surface area contributed by atoms with Crippen LogP contribution in [0.15, 0.2) is 16.6 Å². The van der Waals surface area contributed by atoms with E-state index in [4.69, 9.17) is 0 Å². The summed E-state index contributed by atoms with van der Waals surface area (Å²) in [4.78, 5) is 11.8. The molecule has 0 aliphatic heterocycles. The monoisotopic (exact) mass is 348 g/mol. The summed E-state index contributed by atoms with van der Waals surface area (Å²) in [5, 5.41) is 12.9. The molecule has 1 aromatic heterocycles. The van der Waals surface area contributed by atoms with Crippen molar-refractivity contribution < 1.29 is 13.6 Å². The van der Waals surface area contributed by atoms with Crippen molar-refractivity contribution >= 4 is 44.0 Å². The van der Waals surface area contributed by atoms with E-state index in [1.165, 1.54) is 0 Å². The first kappa shape index (κ1) is 13.8. The largest absolute Gasteiger partial charge is 0.363 e. The van der Waals surface area contributed by atoms with Gasteiger partial charge in [0.2, 0.25) is 10.1 Å². The van der Waals surface area contributed by atoms with Crippen molar-refractivity contribution in [3.05, 3.63) is 33.2 Å². The average molecular weight is 349 g/mol. The van der Waals surface area contributed by atoms with Crippen LogP contribution in [0.3, 0.4) is 0 Å². The molecule has 1 amide bonds. The van der Waals surface area contributed by atoms with E-state index in [2.05, 4.69) is 36.8 Å². The zero-order chi connectivity index (χ0) is 14.0. The molecule has 0 spiro atoms. The van der Waals surface area contributed by atoms with Crippen LogP contribution in [0.4, 0.5) is 19.6 Å². The fraction of sp³-hybridized carbons (Fsp3) is 0.100. The Kier molecular flexibility index (Phi) is 4.05. The Labute approximate surface area is 119 Å². The van der Waals surface area contributed by atoms with Crippen LogP contribution < -0.4 is 10.6 Å². The molecule has 9 heteroatoms. The second-order valence-corrected chi connectivity index (χ2v) is 5.19. The van der Waals surface area contributed by atoms with Gasteiger partial charge in [-0.2, -0.15) is 0 Å². The van der Waals surface area contributed by atoms with Gasteiger partial charge in [-0.25, -0.2) is 8.78 Å². The number of anilines is 2. The highest BCUT2D eigenvalue weighted by Crippen LogP contribution is 2.27. The zero-order valence-electron chi connectivity index (χ0n) is 9.50. The normalized spacial score (nSPS) is 10.3. The van der Waals surface area contributed by atoms with Crippen molar-refractivity contribution in [2.24, 2.45) is 0 Å². The molecule has 100 valence electrons. The summed E-state index contributed by atoms with van der Waals surface area (Å²) in [5.74, 6) is -2.24. The SMILES string of the molecule is CNc1nnc(C(=O)Nc2c(F)cc(F)cc2Br)s1. The number of nitrogens with one attached hydrogen (secondary N) is 2. The maximum Gasteiger partial charge on any atom is 0.286 e. The Morgan fingerprint density at radius 2 is 2.11 bits per heavy atom. The molecular weight excluding hydrogens is 342 g/mol. The van der Waals surface area contributed by atoms with Gasteiger partial charge < -0.3 is 10.6 Å². The number of halogens is 3. The van der Waals surface area contributed by atoms with Gasteiger partial charge in [0, 0.05) is 17.6 Å². The lowest BCUT2D eigenvalue weighted by Gasteiger charge is -2.06. The number of benzene rings is 1. The topological polar surface area (TPSA) is 66.9 Å². The quantitative estimate of drug-likeness (QED) is 0.894. The van der Waals surface area contributed by atoms with E-state index in [9.17, 15) is 13.6 Å². The molecule has 1 aromatic carbocycles. The molecule has 0 unspecified atom stereocenters. The Bertz CT molecular complexity index is 611. The van der Waals surface area contributed by atoms with E-state index in [-0.39, 0.29) is 15.2 Å². The predicted octanol–water partition coefficient (Wildman–Crippen LogP) is 2.87. The fourth-order valence-electron chi connectivity index (χ4n) is 1.24. The molecule has 0 fully saturated rings.